The van der Waals surface area contributed by atoms with Crippen molar-refractivity contribution < 1.29 is 8.63 Å². The smallest absolute Gasteiger partial charge is 0.120 e. The van der Waals surface area contributed by atoms with Gasteiger partial charge in [0.05, 0.1) is 6.04 Å². The second-order valence-electron chi connectivity index (χ2n) is 4.10. The average Bonchev–Trinajstić information content (AvgIpc) is 2.73. The van der Waals surface area contributed by atoms with Crippen LogP contribution in [0.25, 0.3) is 0 Å². The van der Waals surface area contributed by atoms with Gasteiger partial charge in [-0.15, -0.1) is 0 Å². The summed E-state index contributed by atoms with van der Waals surface area (Å²) < 4.78 is 16.8. The zero-order valence-corrected chi connectivity index (χ0v) is 11.3. The van der Waals surface area contributed by atoms with Gasteiger partial charge in [-0.1, -0.05) is 6.92 Å². The van der Waals surface area contributed by atoms with E-state index in [1.54, 1.807) is 6.26 Å². The third-order valence-corrected chi connectivity index (χ3v) is 4.04. The first-order chi connectivity index (χ1) is 7.54. The summed E-state index contributed by atoms with van der Waals surface area (Å²) in [4.78, 5) is 0. The van der Waals surface area contributed by atoms with Crippen molar-refractivity contribution in [1.82, 2.24) is 5.32 Å². The van der Waals surface area contributed by atoms with Crippen molar-refractivity contribution in [3.63, 3.8) is 0 Å². The molecule has 3 atom stereocenters. The predicted octanol–water partition coefficient (Wildman–Crippen LogP) is 2.26. The van der Waals surface area contributed by atoms with E-state index in [1.807, 2.05) is 19.1 Å². The molecule has 1 heterocycles. The fourth-order valence-corrected chi connectivity index (χ4v) is 1.71. The molecule has 1 N–H and O–H groups in total. The van der Waals surface area contributed by atoms with Gasteiger partial charge < -0.3 is 9.73 Å². The summed E-state index contributed by atoms with van der Waals surface area (Å²) in [5.74, 6) is 1.96. The van der Waals surface area contributed by atoms with Crippen molar-refractivity contribution >= 4 is 10.8 Å². The largest absolute Gasteiger partial charge is 0.464 e. The summed E-state index contributed by atoms with van der Waals surface area (Å²) in [6.45, 7) is 6.86. The van der Waals surface area contributed by atoms with Gasteiger partial charge in [0.1, 0.15) is 11.5 Å². The first kappa shape index (κ1) is 13.5. The highest BCUT2D eigenvalue weighted by Gasteiger charge is 2.12. The molecule has 0 fully saturated rings. The van der Waals surface area contributed by atoms with Gasteiger partial charge in [-0.25, -0.2) is 0 Å². The number of nitrogens with one attached hydrogen (secondary N) is 1. The molecular formula is C12H21NO2S. The number of rotatable bonds is 6. The van der Waals surface area contributed by atoms with Gasteiger partial charge in [-0.05, 0) is 26.0 Å². The molecule has 3 nitrogen and oxygen atoms in total. The molecule has 0 spiro atoms. The molecule has 0 unspecified atom stereocenters. The summed E-state index contributed by atoms with van der Waals surface area (Å²) in [5.41, 5.74) is 0. The Morgan fingerprint density at radius 3 is 2.62 bits per heavy atom. The minimum Gasteiger partial charge on any atom is -0.464 e. The molecule has 16 heavy (non-hydrogen) atoms. The zero-order chi connectivity index (χ0) is 12.1. The summed E-state index contributed by atoms with van der Waals surface area (Å²) in [7, 11) is -0.773. The van der Waals surface area contributed by atoms with Crippen molar-refractivity contribution in [3.05, 3.63) is 23.7 Å². The Morgan fingerprint density at radius 2 is 2.12 bits per heavy atom. The minimum absolute atomic E-state index is 0.169. The molecule has 1 aromatic heterocycles. The van der Waals surface area contributed by atoms with E-state index >= 15 is 0 Å². The van der Waals surface area contributed by atoms with E-state index in [4.69, 9.17) is 4.42 Å². The molecule has 0 amide bonds. The third-order valence-electron chi connectivity index (χ3n) is 2.74. The van der Waals surface area contributed by atoms with E-state index in [9.17, 15) is 4.21 Å². The molecule has 0 radical (unpaired) electrons. The van der Waals surface area contributed by atoms with Crippen LogP contribution in [0, 0.1) is 0 Å². The van der Waals surface area contributed by atoms with Crippen LogP contribution in [0.2, 0.25) is 0 Å². The molecule has 0 bridgehead atoms. The van der Waals surface area contributed by atoms with Gasteiger partial charge in [0.2, 0.25) is 0 Å². The summed E-state index contributed by atoms with van der Waals surface area (Å²) >= 11 is 0. The van der Waals surface area contributed by atoms with E-state index in [1.165, 1.54) is 0 Å². The molecule has 4 heteroatoms. The van der Waals surface area contributed by atoms with Crippen LogP contribution < -0.4 is 5.32 Å². The van der Waals surface area contributed by atoms with E-state index in [2.05, 4.69) is 19.2 Å². The topological polar surface area (TPSA) is 42.2 Å². The van der Waals surface area contributed by atoms with Crippen LogP contribution in [-0.4, -0.2) is 22.3 Å². The van der Waals surface area contributed by atoms with Gasteiger partial charge in [-0.2, -0.15) is 0 Å². The SMILES string of the molecule is CCc1ccc([C@H](C)NC[C@@H](C)[S@](C)=O)o1. The predicted molar refractivity (Wildman–Crippen MR) is 68.0 cm³/mol. The maximum absolute atomic E-state index is 11.2. The molecular weight excluding hydrogens is 222 g/mol. The molecule has 1 aromatic rings. The second-order valence-corrected chi connectivity index (χ2v) is 5.90. The molecule has 0 aliphatic heterocycles. The van der Waals surface area contributed by atoms with Crippen LogP contribution in [-0.2, 0) is 17.2 Å². The maximum Gasteiger partial charge on any atom is 0.120 e. The standard InChI is InChI=1S/C12H21NO2S/c1-5-11-6-7-12(15-11)10(3)13-8-9(2)16(4)14/h6-7,9-10,13H,5,8H2,1-4H3/t9-,10+,16+/m1/s1. The van der Waals surface area contributed by atoms with Gasteiger partial charge in [0.25, 0.3) is 0 Å². The Bertz CT molecular complexity index is 349. The number of hydrogen-bond donors (Lipinski definition) is 1. The Morgan fingerprint density at radius 1 is 1.44 bits per heavy atom. The highest BCUT2D eigenvalue weighted by atomic mass is 32.2. The summed E-state index contributed by atoms with van der Waals surface area (Å²) in [6.07, 6.45) is 2.65. The minimum atomic E-state index is -0.773. The van der Waals surface area contributed by atoms with Crippen LogP contribution in [0.1, 0.15) is 38.3 Å². The lowest BCUT2D eigenvalue weighted by molar-refractivity contribution is 0.410. The highest BCUT2D eigenvalue weighted by molar-refractivity contribution is 7.84. The maximum atomic E-state index is 11.2. The molecule has 1 rings (SSSR count). The van der Waals surface area contributed by atoms with E-state index in [0.29, 0.717) is 0 Å². The second kappa shape index (κ2) is 6.21. The van der Waals surface area contributed by atoms with Gasteiger partial charge in [-0.3, -0.25) is 4.21 Å². The summed E-state index contributed by atoms with van der Waals surface area (Å²) in [6, 6.07) is 4.19. The van der Waals surface area contributed by atoms with Crippen molar-refractivity contribution in [2.45, 2.75) is 38.5 Å². The Kier molecular flexibility index (Phi) is 5.22. The number of hydrogen-bond acceptors (Lipinski definition) is 3. The van der Waals surface area contributed by atoms with Gasteiger partial charge in [0, 0.05) is 35.3 Å². The number of furan rings is 1. The summed E-state index contributed by atoms with van der Waals surface area (Å²) in [5, 5.41) is 3.50. The average molecular weight is 243 g/mol. The Labute approximate surface area is 100 Å². The van der Waals surface area contributed by atoms with E-state index in [-0.39, 0.29) is 11.3 Å². The van der Waals surface area contributed by atoms with E-state index < -0.39 is 10.8 Å². The van der Waals surface area contributed by atoms with Crippen LogP contribution in [0.4, 0.5) is 0 Å². The molecule has 92 valence electrons. The molecule has 0 saturated carbocycles. The molecule has 0 aromatic carbocycles. The molecule has 0 saturated heterocycles. The quantitative estimate of drug-likeness (QED) is 0.833. The van der Waals surface area contributed by atoms with Gasteiger partial charge >= 0.3 is 0 Å². The fraction of sp³-hybridized carbons (Fsp3) is 0.667. The lowest BCUT2D eigenvalue weighted by Gasteiger charge is -2.14. The lowest BCUT2D eigenvalue weighted by atomic mass is 10.2. The van der Waals surface area contributed by atoms with Crippen molar-refractivity contribution in [1.29, 1.82) is 0 Å². The Hall–Kier alpha value is -0.610. The van der Waals surface area contributed by atoms with Crippen LogP contribution in [0.15, 0.2) is 16.5 Å². The highest BCUT2D eigenvalue weighted by Crippen LogP contribution is 2.16. The van der Waals surface area contributed by atoms with Crippen LogP contribution >= 0.6 is 0 Å². The first-order valence-corrected chi connectivity index (χ1v) is 7.31. The third kappa shape index (κ3) is 3.76. The van der Waals surface area contributed by atoms with Crippen molar-refractivity contribution in [2.75, 3.05) is 12.8 Å². The monoisotopic (exact) mass is 243 g/mol. The molecule has 0 aliphatic carbocycles. The van der Waals surface area contributed by atoms with Crippen LogP contribution in [0.3, 0.4) is 0 Å². The zero-order valence-electron chi connectivity index (χ0n) is 10.4. The van der Waals surface area contributed by atoms with Gasteiger partial charge in [0.15, 0.2) is 0 Å². The van der Waals surface area contributed by atoms with Crippen LogP contribution in [0.5, 0.6) is 0 Å². The normalized spacial score (nSPS) is 17.0. The molecule has 0 aliphatic rings. The number of aryl methyl sites for hydroxylation is 1. The van der Waals surface area contributed by atoms with E-state index in [0.717, 1.165) is 24.5 Å². The van der Waals surface area contributed by atoms with Crippen molar-refractivity contribution in [3.8, 4) is 0 Å². The lowest BCUT2D eigenvalue weighted by Crippen LogP contribution is -2.29. The van der Waals surface area contributed by atoms with Crippen molar-refractivity contribution in [2.24, 2.45) is 0 Å². The fourth-order valence-electron chi connectivity index (χ4n) is 1.38. The first-order valence-electron chi connectivity index (χ1n) is 5.68. The Balaban J connectivity index is 2.46.